The van der Waals surface area contributed by atoms with Gasteiger partial charge in [0.15, 0.2) is 0 Å². The molecule has 0 unspecified atom stereocenters. The number of rotatable bonds is 2. The minimum absolute atomic E-state index is 0.0885. The molecular weight excluding hydrogens is 492 g/mol. The van der Waals surface area contributed by atoms with Crippen molar-refractivity contribution in [2.24, 2.45) is 0 Å². The van der Waals surface area contributed by atoms with Gasteiger partial charge in [0, 0.05) is 5.41 Å². The van der Waals surface area contributed by atoms with Crippen molar-refractivity contribution in [2.75, 3.05) is 0 Å². The van der Waals surface area contributed by atoms with Crippen molar-refractivity contribution in [3.8, 4) is 33.4 Å². The van der Waals surface area contributed by atoms with E-state index in [-0.39, 0.29) is 5.41 Å². The quantitative estimate of drug-likeness (QED) is 0.199. The topological polar surface area (TPSA) is 0 Å². The Hall–Kier alpha value is -4.94. The van der Waals surface area contributed by atoms with E-state index in [1.54, 1.807) is 0 Å². The van der Waals surface area contributed by atoms with E-state index < -0.39 is 0 Å². The molecule has 8 aromatic carbocycles. The lowest BCUT2D eigenvalue weighted by Gasteiger charge is -2.23. The minimum atomic E-state index is -0.0885. The zero-order chi connectivity index (χ0) is 27.3. The van der Waals surface area contributed by atoms with Gasteiger partial charge in [0.2, 0.25) is 0 Å². The van der Waals surface area contributed by atoms with Crippen LogP contribution in [-0.4, -0.2) is 0 Å². The summed E-state index contributed by atoms with van der Waals surface area (Å²) in [5.74, 6) is 0. The fraction of sp³-hybridized carbons (Fsp3) is 0.0732. The zero-order valence-corrected chi connectivity index (χ0v) is 23.2. The smallest absolute Gasteiger partial charge is 0.0159 e. The molecular formula is C41H28. The van der Waals surface area contributed by atoms with Gasteiger partial charge in [-0.1, -0.05) is 117 Å². The summed E-state index contributed by atoms with van der Waals surface area (Å²) in [5, 5.41) is 10.6. The molecule has 0 heterocycles. The zero-order valence-electron chi connectivity index (χ0n) is 23.2. The maximum absolute atomic E-state index is 2.46. The maximum atomic E-state index is 2.46. The molecule has 0 atom stereocenters. The van der Waals surface area contributed by atoms with E-state index in [9.17, 15) is 0 Å². The Morgan fingerprint density at radius 3 is 1.76 bits per heavy atom. The van der Waals surface area contributed by atoms with Crippen LogP contribution in [0.2, 0.25) is 0 Å². The molecule has 0 radical (unpaired) electrons. The van der Waals surface area contributed by atoms with E-state index in [1.165, 1.54) is 87.6 Å². The Balaban J connectivity index is 1.22. The third-order valence-electron chi connectivity index (χ3n) is 9.56. The number of hydrogen-bond donors (Lipinski definition) is 0. The van der Waals surface area contributed by atoms with Crippen LogP contribution in [0.25, 0.3) is 76.5 Å². The van der Waals surface area contributed by atoms with Crippen molar-refractivity contribution in [3.63, 3.8) is 0 Å². The average Bonchev–Trinajstić information content (AvgIpc) is 3.24. The van der Waals surface area contributed by atoms with Gasteiger partial charge in [0.05, 0.1) is 0 Å². The molecule has 0 N–H and O–H groups in total. The molecule has 0 bridgehead atoms. The molecule has 0 heteroatoms. The summed E-state index contributed by atoms with van der Waals surface area (Å²) < 4.78 is 0. The SMILES string of the molecule is CC1(C)c2cc(-c3cc4ccc5cccc6ccc(c3)c4c56)ccc2-c2cc3cccc(-c4ccccc4)c3cc21. The van der Waals surface area contributed by atoms with Crippen LogP contribution in [0, 0.1) is 0 Å². The van der Waals surface area contributed by atoms with Crippen molar-refractivity contribution in [1.29, 1.82) is 0 Å². The van der Waals surface area contributed by atoms with Crippen LogP contribution >= 0.6 is 0 Å². The summed E-state index contributed by atoms with van der Waals surface area (Å²) in [7, 11) is 0. The summed E-state index contributed by atoms with van der Waals surface area (Å²) in [5.41, 5.74) is 10.6. The van der Waals surface area contributed by atoms with Crippen LogP contribution < -0.4 is 0 Å². The molecule has 0 aromatic heterocycles. The molecule has 0 saturated carbocycles. The van der Waals surface area contributed by atoms with Gasteiger partial charge in [-0.15, -0.1) is 0 Å². The molecule has 1 aliphatic carbocycles. The lowest BCUT2D eigenvalue weighted by Crippen LogP contribution is -2.15. The van der Waals surface area contributed by atoms with Gasteiger partial charge in [0.25, 0.3) is 0 Å². The highest BCUT2D eigenvalue weighted by molar-refractivity contribution is 6.23. The van der Waals surface area contributed by atoms with Crippen molar-refractivity contribution in [1.82, 2.24) is 0 Å². The van der Waals surface area contributed by atoms with Gasteiger partial charge in [-0.2, -0.15) is 0 Å². The van der Waals surface area contributed by atoms with E-state index >= 15 is 0 Å². The van der Waals surface area contributed by atoms with Gasteiger partial charge in [-0.3, -0.25) is 0 Å². The third kappa shape index (κ3) is 3.16. The first-order chi connectivity index (χ1) is 20.1. The van der Waals surface area contributed by atoms with E-state index in [0.717, 1.165) is 0 Å². The molecule has 41 heavy (non-hydrogen) atoms. The average molecular weight is 521 g/mol. The van der Waals surface area contributed by atoms with Crippen LogP contribution in [0.3, 0.4) is 0 Å². The largest absolute Gasteiger partial charge is 0.0622 e. The second kappa shape index (κ2) is 8.05. The highest BCUT2D eigenvalue weighted by atomic mass is 14.4. The second-order valence-corrected chi connectivity index (χ2v) is 12.2. The van der Waals surface area contributed by atoms with Gasteiger partial charge in [0.1, 0.15) is 0 Å². The summed E-state index contributed by atoms with van der Waals surface area (Å²) in [4.78, 5) is 0. The van der Waals surface area contributed by atoms with Crippen LogP contribution in [0.15, 0.2) is 133 Å². The van der Waals surface area contributed by atoms with Gasteiger partial charge in [-0.25, -0.2) is 0 Å². The summed E-state index contributed by atoms with van der Waals surface area (Å²) in [6.07, 6.45) is 0. The molecule has 0 saturated heterocycles. The third-order valence-corrected chi connectivity index (χ3v) is 9.56. The van der Waals surface area contributed by atoms with Crippen molar-refractivity contribution >= 4 is 43.1 Å². The Kier molecular flexibility index (Phi) is 4.49. The summed E-state index contributed by atoms with van der Waals surface area (Å²) in [6, 6.07) is 49.9. The fourth-order valence-corrected chi connectivity index (χ4v) is 7.48. The van der Waals surface area contributed by atoms with Crippen LogP contribution in [0.1, 0.15) is 25.0 Å². The Morgan fingerprint density at radius 2 is 1.00 bits per heavy atom. The second-order valence-electron chi connectivity index (χ2n) is 12.2. The molecule has 1 aliphatic rings. The first-order valence-electron chi connectivity index (χ1n) is 14.5. The standard InChI is InChI=1S/C41H28/c1-41(2)37-23-28(32-20-30-16-14-26-10-6-11-27-15-17-31(21-32)40(30)39(26)27)18-19-34(37)36-22-29-12-7-13-33(35(29)24-38(36)41)25-8-4-3-5-9-25/h3-24H,1-2H3. The number of benzene rings is 8. The lowest BCUT2D eigenvalue weighted by molar-refractivity contribution is 0.661. The monoisotopic (exact) mass is 520 g/mol. The first-order valence-corrected chi connectivity index (χ1v) is 14.5. The molecule has 8 aromatic rings. The Bertz CT molecular complexity index is 2250. The normalized spacial score (nSPS) is 13.8. The first kappa shape index (κ1) is 22.8. The molecule has 0 spiro atoms. The molecule has 192 valence electrons. The molecule has 0 fully saturated rings. The lowest BCUT2D eigenvalue weighted by atomic mass is 9.80. The van der Waals surface area contributed by atoms with E-state index in [1.807, 2.05) is 0 Å². The summed E-state index contributed by atoms with van der Waals surface area (Å²) in [6.45, 7) is 4.78. The highest BCUT2D eigenvalue weighted by Crippen LogP contribution is 2.51. The molecule has 0 amide bonds. The highest BCUT2D eigenvalue weighted by Gasteiger charge is 2.36. The van der Waals surface area contributed by atoms with Crippen LogP contribution in [0.4, 0.5) is 0 Å². The minimum Gasteiger partial charge on any atom is -0.0622 e. The van der Waals surface area contributed by atoms with Crippen molar-refractivity contribution in [3.05, 3.63) is 145 Å². The maximum Gasteiger partial charge on any atom is 0.0159 e. The van der Waals surface area contributed by atoms with Crippen molar-refractivity contribution < 1.29 is 0 Å². The van der Waals surface area contributed by atoms with E-state index in [0.29, 0.717) is 0 Å². The van der Waals surface area contributed by atoms with Crippen LogP contribution in [-0.2, 0) is 5.41 Å². The summed E-state index contributed by atoms with van der Waals surface area (Å²) >= 11 is 0. The van der Waals surface area contributed by atoms with E-state index in [2.05, 4.69) is 147 Å². The van der Waals surface area contributed by atoms with Gasteiger partial charge < -0.3 is 0 Å². The van der Waals surface area contributed by atoms with Crippen LogP contribution in [0.5, 0.6) is 0 Å². The Morgan fingerprint density at radius 1 is 0.366 bits per heavy atom. The predicted molar refractivity (Wildman–Crippen MR) is 176 cm³/mol. The molecule has 0 nitrogen and oxygen atoms in total. The number of fused-ring (bicyclic) bond motifs is 4. The van der Waals surface area contributed by atoms with Gasteiger partial charge >= 0.3 is 0 Å². The fourth-order valence-electron chi connectivity index (χ4n) is 7.48. The van der Waals surface area contributed by atoms with Crippen molar-refractivity contribution in [2.45, 2.75) is 19.3 Å². The predicted octanol–water partition coefficient (Wildman–Crippen LogP) is 11.4. The van der Waals surface area contributed by atoms with Gasteiger partial charge in [-0.05, 0) is 118 Å². The molecule has 0 aliphatic heterocycles. The van der Waals surface area contributed by atoms with E-state index in [4.69, 9.17) is 0 Å². The number of hydrogen-bond acceptors (Lipinski definition) is 0. The Labute approximate surface area is 239 Å². The molecule has 9 rings (SSSR count).